The van der Waals surface area contributed by atoms with Gasteiger partial charge in [-0.15, -0.1) is 0 Å². The van der Waals surface area contributed by atoms with Gasteiger partial charge >= 0.3 is 0 Å². The molecule has 0 aliphatic carbocycles. The van der Waals surface area contributed by atoms with E-state index in [9.17, 15) is 4.79 Å². The number of nitrogens with zero attached hydrogens (tertiary/aromatic N) is 1. The first-order valence-electron chi connectivity index (χ1n) is 8.27. The lowest BCUT2D eigenvalue weighted by molar-refractivity contribution is 0.0954. The number of ether oxygens (including phenoxy) is 1. The second-order valence-electron chi connectivity index (χ2n) is 5.78. The number of hydrogen-bond acceptors (Lipinski definition) is 3. The van der Waals surface area contributed by atoms with E-state index in [-0.39, 0.29) is 5.91 Å². The highest BCUT2D eigenvalue weighted by Crippen LogP contribution is 2.26. The fourth-order valence-electron chi connectivity index (χ4n) is 2.33. The number of hydrazone groups is 1. The fraction of sp³-hybridized carbons (Fsp3) is 0.0476. The van der Waals surface area contributed by atoms with E-state index in [1.807, 2.05) is 54.6 Å². The number of halogens is 3. The molecule has 0 radical (unpaired) electrons. The highest BCUT2D eigenvalue weighted by atomic mass is 79.9. The molecule has 7 heteroatoms. The minimum absolute atomic E-state index is 0.280. The van der Waals surface area contributed by atoms with Gasteiger partial charge in [0.2, 0.25) is 0 Å². The first-order chi connectivity index (χ1) is 13.5. The molecule has 0 atom stereocenters. The van der Waals surface area contributed by atoms with Crippen molar-refractivity contribution in [2.45, 2.75) is 6.61 Å². The molecule has 0 aliphatic heterocycles. The van der Waals surface area contributed by atoms with Crippen molar-refractivity contribution in [2.24, 2.45) is 5.10 Å². The number of benzene rings is 3. The number of hydrogen-bond donors (Lipinski definition) is 1. The van der Waals surface area contributed by atoms with Gasteiger partial charge in [0.05, 0.1) is 16.3 Å². The van der Waals surface area contributed by atoms with Crippen LogP contribution in [-0.4, -0.2) is 12.1 Å². The van der Waals surface area contributed by atoms with Gasteiger partial charge in [0.15, 0.2) is 0 Å². The number of nitrogens with one attached hydrogen (secondary N) is 1. The zero-order valence-corrected chi connectivity index (χ0v) is 19.3. The predicted octanol–water partition coefficient (Wildman–Crippen LogP) is 6.32. The summed E-state index contributed by atoms with van der Waals surface area (Å²) in [5, 5.41) is 4.02. The van der Waals surface area contributed by atoms with Crippen LogP contribution in [-0.2, 0) is 6.61 Å². The molecule has 0 saturated heterocycles. The average Bonchev–Trinajstić information content (AvgIpc) is 2.69. The Hall–Kier alpha value is -1.96. The van der Waals surface area contributed by atoms with E-state index >= 15 is 0 Å². The standard InChI is InChI=1S/C21H15Br3N2O2/c22-16-8-5-14(6-9-16)13-28-20-10-7-15(11-19(20)24)12-25-26-21(27)17-3-1-2-4-18(17)23/h1-12H,13H2,(H,26,27)/b25-12+. The molecule has 0 heterocycles. The van der Waals surface area contributed by atoms with Gasteiger partial charge in [-0.05, 0) is 85.5 Å². The number of carbonyl (C=O) groups is 1. The lowest BCUT2D eigenvalue weighted by atomic mass is 10.2. The Balaban J connectivity index is 1.59. The molecule has 0 spiro atoms. The summed E-state index contributed by atoms with van der Waals surface area (Å²) in [5.74, 6) is 0.453. The van der Waals surface area contributed by atoms with Crippen molar-refractivity contribution in [2.75, 3.05) is 0 Å². The minimum Gasteiger partial charge on any atom is -0.488 e. The molecular formula is C21H15Br3N2O2. The van der Waals surface area contributed by atoms with Crippen molar-refractivity contribution in [3.8, 4) is 5.75 Å². The first kappa shape index (κ1) is 20.8. The third-order valence-electron chi connectivity index (χ3n) is 3.76. The molecule has 3 rings (SSSR count). The summed E-state index contributed by atoms with van der Waals surface area (Å²) < 4.78 is 8.42. The third-order valence-corrected chi connectivity index (χ3v) is 5.60. The lowest BCUT2D eigenvalue weighted by Gasteiger charge is -2.09. The molecule has 4 nitrogen and oxygen atoms in total. The van der Waals surface area contributed by atoms with Crippen LogP contribution >= 0.6 is 47.8 Å². The van der Waals surface area contributed by atoms with Crippen LogP contribution in [0.25, 0.3) is 0 Å². The predicted molar refractivity (Wildman–Crippen MR) is 122 cm³/mol. The minimum atomic E-state index is -0.280. The number of rotatable bonds is 6. The molecule has 1 amide bonds. The van der Waals surface area contributed by atoms with Crippen molar-refractivity contribution in [3.05, 3.63) is 96.8 Å². The van der Waals surface area contributed by atoms with Crippen LogP contribution in [0.2, 0.25) is 0 Å². The van der Waals surface area contributed by atoms with E-state index in [0.717, 1.165) is 30.3 Å². The molecule has 0 unspecified atom stereocenters. The van der Waals surface area contributed by atoms with E-state index in [1.54, 1.807) is 18.3 Å². The van der Waals surface area contributed by atoms with E-state index in [0.29, 0.717) is 12.2 Å². The van der Waals surface area contributed by atoms with Gasteiger partial charge in [-0.25, -0.2) is 5.43 Å². The normalized spacial score (nSPS) is 10.8. The van der Waals surface area contributed by atoms with Gasteiger partial charge in [0, 0.05) is 8.95 Å². The third kappa shape index (κ3) is 5.77. The second kappa shape index (κ2) is 10.0. The summed E-state index contributed by atoms with van der Waals surface area (Å²) in [4.78, 5) is 12.1. The van der Waals surface area contributed by atoms with Gasteiger partial charge in [-0.3, -0.25) is 4.79 Å². The molecule has 28 heavy (non-hydrogen) atoms. The van der Waals surface area contributed by atoms with Crippen LogP contribution in [0.15, 0.2) is 85.2 Å². The van der Waals surface area contributed by atoms with Crippen molar-refractivity contribution in [3.63, 3.8) is 0 Å². The maximum absolute atomic E-state index is 12.1. The maximum Gasteiger partial charge on any atom is 0.272 e. The zero-order valence-electron chi connectivity index (χ0n) is 14.5. The Morgan fingerprint density at radius 1 is 0.964 bits per heavy atom. The highest BCUT2D eigenvalue weighted by Gasteiger charge is 2.07. The Morgan fingerprint density at radius 3 is 2.43 bits per heavy atom. The zero-order chi connectivity index (χ0) is 19.9. The lowest BCUT2D eigenvalue weighted by Crippen LogP contribution is -2.18. The SMILES string of the molecule is O=C(N/N=C/c1ccc(OCc2ccc(Br)cc2)c(Br)c1)c1ccccc1Br. The summed E-state index contributed by atoms with van der Waals surface area (Å²) in [6.45, 7) is 0.474. The monoisotopic (exact) mass is 564 g/mol. The molecule has 1 N–H and O–H groups in total. The van der Waals surface area contributed by atoms with E-state index < -0.39 is 0 Å². The first-order valence-corrected chi connectivity index (χ1v) is 10.7. The molecule has 3 aromatic carbocycles. The van der Waals surface area contributed by atoms with Gasteiger partial charge in [0.25, 0.3) is 5.91 Å². The van der Waals surface area contributed by atoms with E-state index in [4.69, 9.17) is 4.74 Å². The Kier molecular flexibility index (Phi) is 7.42. The molecule has 0 aromatic heterocycles. The molecule has 0 saturated carbocycles. The van der Waals surface area contributed by atoms with Gasteiger partial charge in [-0.1, -0.05) is 40.2 Å². The fourth-order valence-corrected chi connectivity index (χ4v) is 3.57. The van der Waals surface area contributed by atoms with Crippen LogP contribution in [0.3, 0.4) is 0 Å². The van der Waals surface area contributed by atoms with Crippen molar-refractivity contribution in [1.82, 2.24) is 5.43 Å². The summed E-state index contributed by atoms with van der Waals surface area (Å²) >= 11 is 10.3. The van der Waals surface area contributed by atoms with Crippen LogP contribution in [0.1, 0.15) is 21.5 Å². The average molecular weight is 567 g/mol. The van der Waals surface area contributed by atoms with Crippen LogP contribution in [0.4, 0.5) is 0 Å². The number of carbonyl (C=O) groups excluding carboxylic acids is 1. The highest BCUT2D eigenvalue weighted by molar-refractivity contribution is 9.11. The van der Waals surface area contributed by atoms with Gasteiger partial charge in [0.1, 0.15) is 12.4 Å². The number of amides is 1. The Morgan fingerprint density at radius 2 is 1.71 bits per heavy atom. The van der Waals surface area contributed by atoms with Crippen molar-refractivity contribution >= 4 is 59.9 Å². The van der Waals surface area contributed by atoms with Gasteiger partial charge in [-0.2, -0.15) is 5.10 Å². The molecule has 142 valence electrons. The summed E-state index contributed by atoms with van der Waals surface area (Å²) in [5.41, 5.74) is 4.96. The Labute approximate surface area is 188 Å². The molecule has 3 aromatic rings. The summed E-state index contributed by atoms with van der Waals surface area (Å²) in [7, 11) is 0. The van der Waals surface area contributed by atoms with Crippen LogP contribution in [0.5, 0.6) is 5.75 Å². The quantitative estimate of drug-likeness (QED) is 0.280. The molecular weight excluding hydrogens is 552 g/mol. The smallest absolute Gasteiger partial charge is 0.272 e. The molecule has 0 aliphatic rings. The topological polar surface area (TPSA) is 50.7 Å². The molecule has 0 bridgehead atoms. The van der Waals surface area contributed by atoms with Crippen LogP contribution in [0, 0.1) is 0 Å². The van der Waals surface area contributed by atoms with E-state index in [2.05, 4.69) is 58.3 Å². The molecule has 0 fully saturated rings. The van der Waals surface area contributed by atoms with Crippen molar-refractivity contribution < 1.29 is 9.53 Å². The van der Waals surface area contributed by atoms with Gasteiger partial charge < -0.3 is 4.74 Å². The second-order valence-corrected chi connectivity index (χ2v) is 8.41. The maximum atomic E-state index is 12.1. The van der Waals surface area contributed by atoms with E-state index in [1.165, 1.54) is 0 Å². The van der Waals surface area contributed by atoms with Crippen molar-refractivity contribution in [1.29, 1.82) is 0 Å². The van der Waals surface area contributed by atoms with Crippen LogP contribution < -0.4 is 10.2 Å². The summed E-state index contributed by atoms with van der Waals surface area (Å²) in [6, 6.07) is 20.8. The largest absolute Gasteiger partial charge is 0.488 e. The Bertz CT molecular complexity index is 1000. The summed E-state index contributed by atoms with van der Waals surface area (Å²) in [6.07, 6.45) is 1.58.